The SMILES string of the molecule is CC.COC(=O)c1cc(-c2ccccc2)ccn1. The van der Waals surface area contributed by atoms with Crippen molar-refractivity contribution in [2.45, 2.75) is 13.8 Å². The first-order chi connectivity index (χ1) is 8.81. The zero-order chi connectivity index (χ0) is 13.4. The average Bonchev–Trinajstić information content (AvgIpc) is 2.49. The van der Waals surface area contributed by atoms with Crippen LogP contribution < -0.4 is 0 Å². The van der Waals surface area contributed by atoms with Crippen molar-refractivity contribution in [3.8, 4) is 11.1 Å². The summed E-state index contributed by atoms with van der Waals surface area (Å²) in [7, 11) is 1.35. The number of carbonyl (C=O) groups excluding carboxylic acids is 1. The highest BCUT2D eigenvalue weighted by atomic mass is 16.5. The average molecular weight is 243 g/mol. The molecule has 1 aromatic carbocycles. The van der Waals surface area contributed by atoms with Crippen LogP contribution >= 0.6 is 0 Å². The van der Waals surface area contributed by atoms with Gasteiger partial charge in [0.1, 0.15) is 5.69 Å². The number of esters is 1. The first-order valence-electron chi connectivity index (χ1n) is 5.91. The van der Waals surface area contributed by atoms with Crippen LogP contribution in [0.15, 0.2) is 48.7 Å². The van der Waals surface area contributed by atoms with E-state index in [1.807, 2.05) is 50.2 Å². The molecule has 0 bridgehead atoms. The molecule has 0 radical (unpaired) electrons. The molecule has 0 atom stereocenters. The van der Waals surface area contributed by atoms with E-state index in [0.29, 0.717) is 5.69 Å². The van der Waals surface area contributed by atoms with Crippen molar-refractivity contribution < 1.29 is 9.53 Å². The Bertz CT molecular complexity index is 495. The topological polar surface area (TPSA) is 39.2 Å². The van der Waals surface area contributed by atoms with Crippen molar-refractivity contribution in [1.29, 1.82) is 0 Å². The Morgan fingerprint density at radius 1 is 1.06 bits per heavy atom. The van der Waals surface area contributed by atoms with Gasteiger partial charge >= 0.3 is 5.97 Å². The van der Waals surface area contributed by atoms with Crippen molar-refractivity contribution in [1.82, 2.24) is 4.98 Å². The molecule has 0 aliphatic heterocycles. The van der Waals surface area contributed by atoms with Crippen LogP contribution in [0.4, 0.5) is 0 Å². The minimum atomic E-state index is -0.419. The van der Waals surface area contributed by atoms with E-state index >= 15 is 0 Å². The van der Waals surface area contributed by atoms with E-state index < -0.39 is 5.97 Å². The van der Waals surface area contributed by atoms with Gasteiger partial charge < -0.3 is 4.74 Å². The Kier molecular flexibility index (Phi) is 5.58. The van der Waals surface area contributed by atoms with Gasteiger partial charge in [-0.1, -0.05) is 44.2 Å². The molecule has 2 aromatic rings. The number of rotatable bonds is 2. The van der Waals surface area contributed by atoms with E-state index in [-0.39, 0.29) is 0 Å². The molecule has 0 aliphatic rings. The van der Waals surface area contributed by atoms with E-state index in [1.165, 1.54) is 7.11 Å². The van der Waals surface area contributed by atoms with Gasteiger partial charge in [0.2, 0.25) is 0 Å². The molecule has 1 aromatic heterocycles. The minimum Gasteiger partial charge on any atom is -0.464 e. The molecule has 0 unspecified atom stereocenters. The van der Waals surface area contributed by atoms with E-state index in [1.54, 1.807) is 12.3 Å². The predicted molar refractivity (Wildman–Crippen MR) is 72.4 cm³/mol. The lowest BCUT2D eigenvalue weighted by atomic mass is 10.1. The van der Waals surface area contributed by atoms with E-state index in [2.05, 4.69) is 9.72 Å². The fraction of sp³-hybridized carbons (Fsp3) is 0.200. The maximum absolute atomic E-state index is 11.3. The van der Waals surface area contributed by atoms with Crippen LogP contribution in [0.25, 0.3) is 11.1 Å². The molecule has 0 fully saturated rings. The summed E-state index contributed by atoms with van der Waals surface area (Å²) in [4.78, 5) is 15.3. The van der Waals surface area contributed by atoms with E-state index in [9.17, 15) is 4.79 Å². The minimum absolute atomic E-state index is 0.323. The Balaban J connectivity index is 0.000000771. The first-order valence-corrected chi connectivity index (χ1v) is 5.91. The lowest BCUT2D eigenvalue weighted by molar-refractivity contribution is 0.0594. The maximum Gasteiger partial charge on any atom is 0.356 e. The van der Waals surface area contributed by atoms with Gasteiger partial charge in [-0.05, 0) is 23.3 Å². The maximum atomic E-state index is 11.3. The summed E-state index contributed by atoms with van der Waals surface area (Å²) >= 11 is 0. The summed E-state index contributed by atoms with van der Waals surface area (Å²) in [6.07, 6.45) is 1.61. The molecule has 18 heavy (non-hydrogen) atoms. The Hall–Kier alpha value is -2.16. The summed E-state index contributed by atoms with van der Waals surface area (Å²) in [5, 5.41) is 0. The molecule has 0 saturated heterocycles. The van der Waals surface area contributed by atoms with Crippen LogP contribution in [-0.2, 0) is 4.74 Å². The van der Waals surface area contributed by atoms with Gasteiger partial charge in [0.25, 0.3) is 0 Å². The summed E-state index contributed by atoms with van der Waals surface area (Å²) < 4.78 is 4.63. The predicted octanol–water partition coefficient (Wildman–Crippen LogP) is 3.56. The summed E-state index contributed by atoms with van der Waals surface area (Å²) in [6.45, 7) is 4.00. The molecule has 2 rings (SSSR count). The van der Waals surface area contributed by atoms with Gasteiger partial charge in [-0.2, -0.15) is 0 Å². The van der Waals surface area contributed by atoms with Crippen LogP contribution in [0.3, 0.4) is 0 Å². The third kappa shape index (κ3) is 3.42. The number of methoxy groups -OCH3 is 1. The first kappa shape index (κ1) is 13.9. The molecule has 1 heterocycles. The Labute approximate surface area is 107 Å². The molecule has 94 valence electrons. The summed E-state index contributed by atoms with van der Waals surface area (Å²) in [5.74, 6) is -0.419. The monoisotopic (exact) mass is 243 g/mol. The van der Waals surface area contributed by atoms with Gasteiger partial charge in [-0.3, -0.25) is 0 Å². The zero-order valence-electron chi connectivity index (χ0n) is 10.9. The molecule has 0 N–H and O–H groups in total. The molecular formula is C15H17NO2. The Morgan fingerprint density at radius 3 is 2.33 bits per heavy atom. The number of ether oxygens (including phenoxy) is 1. The molecule has 0 amide bonds. The summed E-state index contributed by atoms with van der Waals surface area (Å²) in [6, 6.07) is 13.4. The largest absolute Gasteiger partial charge is 0.464 e. The molecule has 3 nitrogen and oxygen atoms in total. The fourth-order valence-electron chi connectivity index (χ4n) is 1.46. The van der Waals surface area contributed by atoms with Gasteiger partial charge in [-0.25, -0.2) is 9.78 Å². The molecule has 3 heteroatoms. The number of nitrogens with zero attached hydrogens (tertiary/aromatic N) is 1. The summed E-state index contributed by atoms with van der Waals surface area (Å²) in [5.41, 5.74) is 2.33. The number of carbonyl (C=O) groups is 1. The number of aromatic nitrogens is 1. The molecule has 0 saturated carbocycles. The van der Waals surface area contributed by atoms with Crippen molar-refractivity contribution in [2.24, 2.45) is 0 Å². The second-order valence-corrected chi connectivity index (χ2v) is 3.29. The lowest BCUT2D eigenvalue weighted by Gasteiger charge is -2.03. The van der Waals surface area contributed by atoms with E-state index in [0.717, 1.165) is 11.1 Å². The molecule has 0 spiro atoms. The molecular weight excluding hydrogens is 226 g/mol. The van der Waals surface area contributed by atoms with Crippen molar-refractivity contribution in [2.75, 3.05) is 7.11 Å². The van der Waals surface area contributed by atoms with Crippen LogP contribution in [0.1, 0.15) is 24.3 Å². The van der Waals surface area contributed by atoms with Crippen molar-refractivity contribution >= 4 is 5.97 Å². The van der Waals surface area contributed by atoms with Crippen LogP contribution in [0.5, 0.6) is 0 Å². The van der Waals surface area contributed by atoms with Crippen LogP contribution in [-0.4, -0.2) is 18.1 Å². The Morgan fingerprint density at radius 2 is 1.72 bits per heavy atom. The standard InChI is InChI=1S/C13H11NO2.C2H6/c1-16-13(15)12-9-11(7-8-14-12)10-5-3-2-4-6-10;1-2/h2-9H,1H3;1-2H3. The smallest absolute Gasteiger partial charge is 0.356 e. The quantitative estimate of drug-likeness (QED) is 0.757. The lowest BCUT2D eigenvalue weighted by Crippen LogP contribution is -2.03. The normalized spacial score (nSPS) is 9.06. The number of benzene rings is 1. The van der Waals surface area contributed by atoms with Crippen LogP contribution in [0.2, 0.25) is 0 Å². The number of hydrogen-bond acceptors (Lipinski definition) is 3. The van der Waals surface area contributed by atoms with Crippen molar-refractivity contribution in [3.63, 3.8) is 0 Å². The van der Waals surface area contributed by atoms with Gasteiger partial charge in [0.05, 0.1) is 7.11 Å². The number of pyridine rings is 1. The molecule has 0 aliphatic carbocycles. The van der Waals surface area contributed by atoms with Gasteiger partial charge in [0.15, 0.2) is 0 Å². The fourth-order valence-corrected chi connectivity index (χ4v) is 1.46. The van der Waals surface area contributed by atoms with E-state index in [4.69, 9.17) is 0 Å². The second-order valence-electron chi connectivity index (χ2n) is 3.29. The highest BCUT2D eigenvalue weighted by Crippen LogP contribution is 2.18. The third-order valence-corrected chi connectivity index (χ3v) is 2.26. The highest BCUT2D eigenvalue weighted by molar-refractivity contribution is 5.88. The van der Waals surface area contributed by atoms with Gasteiger partial charge in [-0.15, -0.1) is 0 Å². The highest BCUT2D eigenvalue weighted by Gasteiger charge is 2.07. The van der Waals surface area contributed by atoms with Gasteiger partial charge in [0, 0.05) is 6.20 Å². The zero-order valence-corrected chi connectivity index (χ0v) is 10.9. The van der Waals surface area contributed by atoms with Crippen molar-refractivity contribution in [3.05, 3.63) is 54.4 Å². The number of hydrogen-bond donors (Lipinski definition) is 0. The second kappa shape index (κ2) is 7.22. The van der Waals surface area contributed by atoms with Crippen LogP contribution in [0, 0.1) is 0 Å². The third-order valence-electron chi connectivity index (χ3n) is 2.26.